The van der Waals surface area contributed by atoms with Gasteiger partial charge in [0.2, 0.25) is 5.91 Å². The van der Waals surface area contributed by atoms with Crippen molar-refractivity contribution in [2.75, 3.05) is 13.7 Å². The monoisotopic (exact) mass is 338 g/mol. The molecular formula is C20H22N2O3. The third kappa shape index (κ3) is 3.82. The maximum absolute atomic E-state index is 12.9. The Labute approximate surface area is 147 Å². The first kappa shape index (κ1) is 17.0. The molecule has 25 heavy (non-hydrogen) atoms. The Morgan fingerprint density at radius 3 is 2.60 bits per heavy atom. The minimum absolute atomic E-state index is 0.107. The topological polar surface area (TPSA) is 58.6 Å². The third-order valence-electron chi connectivity index (χ3n) is 4.46. The molecule has 0 unspecified atom stereocenters. The van der Waals surface area contributed by atoms with Gasteiger partial charge in [-0.2, -0.15) is 0 Å². The first-order valence-electron chi connectivity index (χ1n) is 8.46. The molecule has 0 radical (unpaired) electrons. The molecule has 1 heterocycles. The van der Waals surface area contributed by atoms with Gasteiger partial charge in [-0.15, -0.1) is 0 Å². The van der Waals surface area contributed by atoms with Gasteiger partial charge in [-0.05, 0) is 30.5 Å². The van der Waals surface area contributed by atoms with E-state index in [1.165, 1.54) is 0 Å². The van der Waals surface area contributed by atoms with Gasteiger partial charge < -0.3 is 15.0 Å². The standard InChI is InChI=1S/C20H22N2O3/c1-25-18-12-6-5-10-16(18)20(24)22-13-7-11-17(22)19(23)21-14-15-8-3-2-4-9-15/h2-6,8-10,12,17H,7,11,13-14H2,1H3,(H,21,23)/t17-/m1/s1. The van der Waals surface area contributed by atoms with Crippen molar-refractivity contribution in [1.82, 2.24) is 10.2 Å². The van der Waals surface area contributed by atoms with Gasteiger partial charge in [0.05, 0.1) is 12.7 Å². The van der Waals surface area contributed by atoms with Crippen LogP contribution in [0, 0.1) is 0 Å². The maximum atomic E-state index is 12.9. The number of benzene rings is 2. The molecule has 2 aromatic rings. The number of nitrogens with one attached hydrogen (secondary N) is 1. The molecular weight excluding hydrogens is 316 g/mol. The molecule has 0 spiro atoms. The van der Waals surface area contributed by atoms with E-state index in [4.69, 9.17) is 4.74 Å². The minimum Gasteiger partial charge on any atom is -0.496 e. The molecule has 1 atom stereocenters. The molecule has 0 saturated carbocycles. The van der Waals surface area contributed by atoms with Crippen LogP contribution in [-0.2, 0) is 11.3 Å². The number of carbonyl (C=O) groups is 2. The average Bonchev–Trinajstić information content (AvgIpc) is 3.16. The summed E-state index contributed by atoms with van der Waals surface area (Å²) in [5, 5.41) is 2.94. The molecule has 1 N–H and O–H groups in total. The molecule has 2 aromatic carbocycles. The lowest BCUT2D eigenvalue weighted by molar-refractivity contribution is -0.125. The van der Waals surface area contributed by atoms with Crippen molar-refractivity contribution in [1.29, 1.82) is 0 Å². The maximum Gasteiger partial charge on any atom is 0.258 e. The summed E-state index contributed by atoms with van der Waals surface area (Å²) in [6.07, 6.45) is 1.51. The SMILES string of the molecule is COc1ccccc1C(=O)N1CCC[C@@H]1C(=O)NCc1ccccc1. The van der Waals surface area contributed by atoms with Crippen LogP contribution >= 0.6 is 0 Å². The van der Waals surface area contributed by atoms with E-state index in [0.29, 0.717) is 30.8 Å². The van der Waals surface area contributed by atoms with Gasteiger partial charge in [0.1, 0.15) is 11.8 Å². The second-order valence-corrected chi connectivity index (χ2v) is 6.06. The van der Waals surface area contributed by atoms with Crippen molar-refractivity contribution in [3.8, 4) is 5.75 Å². The lowest BCUT2D eigenvalue weighted by atomic mass is 10.1. The number of ether oxygens (including phenoxy) is 1. The number of para-hydroxylation sites is 1. The third-order valence-corrected chi connectivity index (χ3v) is 4.46. The summed E-state index contributed by atoms with van der Waals surface area (Å²) >= 11 is 0. The number of nitrogens with zero attached hydrogens (tertiary/aromatic N) is 1. The predicted octanol–water partition coefficient (Wildman–Crippen LogP) is 2.62. The number of rotatable bonds is 5. The summed E-state index contributed by atoms with van der Waals surface area (Å²) in [7, 11) is 1.54. The highest BCUT2D eigenvalue weighted by molar-refractivity contribution is 6.00. The van der Waals surface area contributed by atoms with Crippen LogP contribution in [0.4, 0.5) is 0 Å². The van der Waals surface area contributed by atoms with Crippen molar-refractivity contribution in [3.05, 3.63) is 65.7 Å². The zero-order valence-electron chi connectivity index (χ0n) is 14.3. The second kappa shape index (κ2) is 7.83. The van der Waals surface area contributed by atoms with Crippen molar-refractivity contribution in [3.63, 3.8) is 0 Å². The van der Waals surface area contributed by atoms with E-state index in [-0.39, 0.29) is 11.8 Å². The van der Waals surface area contributed by atoms with Crippen molar-refractivity contribution < 1.29 is 14.3 Å². The lowest BCUT2D eigenvalue weighted by Crippen LogP contribution is -2.45. The lowest BCUT2D eigenvalue weighted by Gasteiger charge is -2.24. The molecule has 0 aromatic heterocycles. The molecule has 1 saturated heterocycles. The highest BCUT2D eigenvalue weighted by Gasteiger charge is 2.35. The largest absolute Gasteiger partial charge is 0.496 e. The summed E-state index contributed by atoms with van der Waals surface area (Å²) in [6, 6.07) is 16.4. The van der Waals surface area contributed by atoms with Gasteiger partial charge in [0.25, 0.3) is 5.91 Å². The number of methoxy groups -OCH3 is 1. The van der Waals surface area contributed by atoms with Gasteiger partial charge in [-0.25, -0.2) is 0 Å². The summed E-state index contributed by atoms with van der Waals surface area (Å²) in [6.45, 7) is 1.05. The first-order valence-corrected chi connectivity index (χ1v) is 8.46. The van der Waals surface area contributed by atoms with E-state index in [1.54, 1.807) is 30.2 Å². The van der Waals surface area contributed by atoms with Crippen LogP contribution in [0.3, 0.4) is 0 Å². The Balaban J connectivity index is 1.69. The molecule has 2 amide bonds. The van der Waals surface area contributed by atoms with E-state index in [1.807, 2.05) is 36.4 Å². The Hall–Kier alpha value is -2.82. The van der Waals surface area contributed by atoms with Gasteiger partial charge >= 0.3 is 0 Å². The van der Waals surface area contributed by atoms with Crippen LogP contribution in [0.1, 0.15) is 28.8 Å². The number of likely N-dealkylation sites (tertiary alicyclic amines) is 1. The Morgan fingerprint density at radius 1 is 1.12 bits per heavy atom. The van der Waals surface area contributed by atoms with Crippen LogP contribution < -0.4 is 10.1 Å². The smallest absolute Gasteiger partial charge is 0.258 e. The first-order chi connectivity index (χ1) is 12.2. The van der Waals surface area contributed by atoms with Gasteiger partial charge in [0, 0.05) is 13.1 Å². The van der Waals surface area contributed by atoms with Crippen LogP contribution in [0.15, 0.2) is 54.6 Å². The van der Waals surface area contributed by atoms with Gasteiger partial charge in [0.15, 0.2) is 0 Å². The fourth-order valence-corrected chi connectivity index (χ4v) is 3.16. The molecule has 0 bridgehead atoms. The van der Waals surface area contributed by atoms with E-state index in [0.717, 1.165) is 12.0 Å². The molecule has 1 fully saturated rings. The number of hydrogen-bond donors (Lipinski definition) is 1. The van der Waals surface area contributed by atoms with Crippen molar-refractivity contribution in [2.24, 2.45) is 0 Å². The Bertz CT molecular complexity index is 746. The quantitative estimate of drug-likeness (QED) is 0.912. The minimum atomic E-state index is -0.430. The van der Waals surface area contributed by atoms with Crippen molar-refractivity contribution >= 4 is 11.8 Å². The molecule has 1 aliphatic heterocycles. The van der Waals surface area contributed by atoms with E-state index in [2.05, 4.69) is 5.32 Å². The number of amides is 2. The average molecular weight is 338 g/mol. The van der Waals surface area contributed by atoms with Crippen LogP contribution in [0.25, 0.3) is 0 Å². The molecule has 130 valence electrons. The second-order valence-electron chi connectivity index (χ2n) is 6.06. The van der Waals surface area contributed by atoms with Crippen LogP contribution in [0.2, 0.25) is 0 Å². The van der Waals surface area contributed by atoms with Crippen LogP contribution in [0.5, 0.6) is 5.75 Å². The fraction of sp³-hybridized carbons (Fsp3) is 0.300. The number of carbonyl (C=O) groups excluding carboxylic acids is 2. The Kier molecular flexibility index (Phi) is 5.33. The summed E-state index contributed by atoms with van der Waals surface area (Å²) in [4.78, 5) is 27.1. The molecule has 3 rings (SSSR count). The van der Waals surface area contributed by atoms with E-state index >= 15 is 0 Å². The zero-order valence-corrected chi connectivity index (χ0v) is 14.3. The summed E-state index contributed by atoms with van der Waals surface area (Å²) in [5.41, 5.74) is 1.53. The molecule has 5 nitrogen and oxygen atoms in total. The number of hydrogen-bond acceptors (Lipinski definition) is 3. The fourth-order valence-electron chi connectivity index (χ4n) is 3.16. The molecule has 0 aliphatic carbocycles. The zero-order chi connectivity index (χ0) is 17.6. The van der Waals surface area contributed by atoms with Gasteiger partial charge in [-0.1, -0.05) is 42.5 Å². The molecule has 1 aliphatic rings. The molecule has 5 heteroatoms. The Morgan fingerprint density at radius 2 is 1.84 bits per heavy atom. The highest BCUT2D eigenvalue weighted by Crippen LogP contribution is 2.25. The summed E-state index contributed by atoms with van der Waals surface area (Å²) < 4.78 is 5.28. The van der Waals surface area contributed by atoms with E-state index < -0.39 is 6.04 Å². The van der Waals surface area contributed by atoms with Crippen LogP contribution in [-0.4, -0.2) is 36.4 Å². The highest BCUT2D eigenvalue weighted by atomic mass is 16.5. The van der Waals surface area contributed by atoms with Crippen molar-refractivity contribution in [2.45, 2.75) is 25.4 Å². The summed E-state index contributed by atoms with van der Waals surface area (Å²) in [5.74, 6) is 0.266. The van der Waals surface area contributed by atoms with E-state index in [9.17, 15) is 9.59 Å². The predicted molar refractivity (Wildman–Crippen MR) is 95.3 cm³/mol. The van der Waals surface area contributed by atoms with Gasteiger partial charge in [-0.3, -0.25) is 9.59 Å². The normalized spacial score (nSPS) is 16.5.